The van der Waals surface area contributed by atoms with Crippen molar-refractivity contribution in [1.82, 2.24) is 5.32 Å². The van der Waals surface area contributed by atoms with E-state index in [1.807, 2.05) is 24.3 Å². The fraction of sp³-hybridized carbons (Fsp3) is 0.350. The van der Waals surface area contributed by atoms with E-state index >= 15 is 0 Å². The Labute approximate surface area is 132 Å². The molecule has 0 heterocycles. The SMILES string of the molecule is CCc1ccccc1C(=O)NC1Cc2ccccc2C1(C)C. The summed E-state index contributed by atoms with van der Waals surface area (Å²) in [6.45, 7) is 6.52. The smallest absolute Gasteiger partial charge is 0.251 e. The number of carbonyl (C=O) groups excluding carboxylic acids is 1. The van der Waals surface area contributed by atoms with Crippen molar-refractivity contribution in [3.05, 3.63) is 70.8 Å². The highest BCUT2D eigenvalue weighted by Gasteiger charge is 2.40. The molecule has 1 amide bonds. The molecule has 0 bridgehead atoms. The normalized spacial score (nSPS) is 18.8. The van der Waals surface area contributed by atoms with E-state index in [1.54, 1.807) is 0 Å². The molecule has 2 nitrogen and oxygen atoms in total. The summed E-state index contributed by atoms with van der Waals surface area (Å²) in [7, 11) is 0. The summed E-state index contributed by atoms with van der Waals surface area (Å²) >= 11 is 0. The first-order chi connectivity index (χ1) is 10.5. The molecule has 2 aromatic rings. The second-order valence-corrected chi connectivity index (χ2v) is 6.62. The third kappa shape index (κ3) is 2.43. The standard InChI is InChI=1S/C20H23NO/c1-4-14-9-5-7-11-16(14)19(22)21-18-13-15-10-6-8-12-17(15)20(18,2)3/h5-12,18H,4,13H2,1-3H3,(H,21,22). The maximum atomic E-state index is 12.7. The van der Waals surface area contributed by atoms with Crippen LogP contribution in [0, 0.1) is 0 Å². The largest absolute Gasteiger partial charge is 0.348 e. The molecule has 2 aromatic carbocycles. The van der Waals surface area contributed by atoms with Crippen molar-refractivity contribution < 1.29 is 4.79 Å². The quantitative estimate of drug-likeness (QED) is 0.914. The van der Waals surface area contributed by atoms with Crippen LogP contribution in [0.3, 0.4) is 0 Å². The first-order valence-corrected chi connectivity index (χ1v) is 8.01. The van der Waals surface area contributed by atoms with Gasteiger partial charge in [-0.3, -0.25) is 4.79 Å². The Bertz CT molecular complexity index is 702. The van der Waals surface area contributed by atoms with Crippen molar-refractivity contribution in [2.24, 2.45) is 0 Å². The summed E-state index contributed by atoms with van der Waals surface area (Å²) in [5.41, 5.74) is 4.57. The summed E-state index contributed by atoms with van der Waals surface area (Å²) in [6.07, 6.45) is 1.78. The topological polar surface area (TPSA) is 29.1 Å². The van der Waals surface area contributed by atoms with E-state index in [9.17, 15) is 4.79 Å². The first kappa shape index (κ1) is 14.8. The van der Waals surface area contributed by atoms with Crippen molar-refractivity contribution in [2.45, 2.75) is 45.1 Å². The number of rotatable bonds is 3. The zero-order valence-electron chi connectivity index (χ0n) is 13.5. The summed E-state index contributed by atoms with van der Waals surface area (Å²) in [5.74, 6) is 0.0448. The minimum atomic E-state index is -0.0343. The van der Waals surface area contributed by atoms with Crippen LogP contribution in [0.2, 0.25) is 0 Å². The van der Waals surface area contributed by atoms with Crippen LogP contribution in [-0.2, 0) is 18.3 Å². The second-order valence-electron chi connectivity index (χ2n) is 6.62. The second kappa shape index (κ2) is 5.60. The van der Waals surface area contributed by atoms with Crippen LogP contribution in [-0.4, -0.2) is 11.9 Å². The fourth-order valence-corrected chi connectivity index (χ4v) is 3.51. The molecule has 0 saturated carbocycles. The molecule has 0 spiro atoms. The molecule has 3 rings (SSSR count). The van der Waals surface area contributed by atoms with Gasteiger partial charge >= 0.3 is 0 Å². The van der Waals surface area contributed by atoms with Gasteiger partial charge in [0.25, 0.3) is 5.91 Å². The van der Waals surface area contributed by atoms with Gasteiger partial charge in [0.15, 0.2) is 0 Å². The van der Waals surface area contributed by atoms with Gasteiger partial charge in [0.2, 0.25) is 0 Å². The summed E-state index contributed by atoms with van der Waals surface area (Å²) in [6, 6.07) is 16.5. The first-order valence-electron chi connectivity index (χ1n) is 8.01. The van der Waals surface area contributed by atoms with Gasteiger partial charge in [-0.1, -0.05) is 63.2 Å². The van der Waals surface area contributed by atoms with Crippen LogP contribution in [0.4, 0.5) is 0 Å². The Morgan fingerprint density at radius 2 is 1.82 bits per heavy atom. The number of nitrogens with one attached hydrogen (secondary N) is 1. The number of aryl methyl sites for hydroxylation is 1. The molecule has 0 aliphatic heterocycles. The van der Waals surface area contributed by atoms with Crippen LogP contribution >= 0.6 is 0 Å². The molecule has 1 N–H and O–H groups in total. The van der Waals surface area contributed by atoms with Gasteiger partial charge in [0.1, 0.15) is 0 Å². The summed E-state index contributed by atoms with van der Waals surface area (Å²) in [4.78, 5) is 12.7. The third-order valence-electron chi connectivity index (χ3n) is 4.95. The Morgan fingerprint density at radius 1 is 1.14 bits per heavy atom. The van der Waals surface area contributed by atoms with E-state index in [-0.39, 0.29) is 17.4 Å². The Kier molecular flexibility index (Phi) is 3.78. The van der Waals surface area contributed by atoms with Crippen LogP contribution in [0.5, 0.6) is 0 Å². The van der Waals surface area contributed by atoms with Crippen molar-refractivity contribution in [2.75, 3.05) is 0 Å². The van der Waals surface area contributed by atoms with Gasteiger partial charge in [-0.05, 0) is 35.6 Å². The van der Waals surface area contributed by atoms with Gasteiger partial charge < -0.3 is 5.32 Å². The zero-order valence-corrected chi connectivity index (χ0v) is 13.5. The minimum absolute atomic E-state index is 0.0343. The molecule has 1 aliphatic carbocycles. The number of benzene rings is 2. The number of fused-ring (bicyclic) bond motifs is 1. The molecule has 0 saturated heterocycles. The Hall–Kier alpha value is -2.09. The van der Waals surface area contributed by atoms with Crippen molar-refractivity contribution in [3.8, 4) is 0 Å². The molecule has 114 valence electrons. The van der Waals surface area contributed by atoms with Crippen LogP contribution in [0.15, 0.2) is 48.5 Å². The molecule has 1 atom stereocenters. The Morgan fingerprint density at radius 3 is 2.55 bits per heavy atom. The molecule has 1 unspecified atom stereocenters. The highest BCUT2D eigenvalue weighted by molar-refractivity contribution is 5.96. The average molecular weight is 293 g/mol. The lowest BCUT2D eigenvalue weighted by Crippen LogP contribution is -2.45. The van der Waals surface area contributed by atoms with Gasteiger partial charge in [-0.15, -0.1) is 0 Å². The highest BCUT2D eigenvalue weighted by Crippen LogP contribution is 2.38. The number of hydrogen-bond acceptors (Lipinski definition) is 1. The summed E-state index contributed by atoms with van der Waals surface area (Å²) < 4.78 is 0. The molecule has 1 aliphatic rings. The number of amides is 1. The number of hydrogen-bond donors (Lipinski definition) is 1. The van der Waals surface area contributed by atoms with E-state index in [0.29, 0.717) is 0 Å². The summed E-state index contributed by atoms with van der Waals surface area (Å²) in [5, 5.41) is 3.27. The predicted octanol–water partition coefficient (Wildman–Crippen LogP) is 3.88. The monoisotopic (exact) mass is 293 g/mol. The van der Waals surface area contributed by atoms with Crippen molar-refractivity contribution in [1.29, 1.82) is 0 Å². The maximum Gasteiger partial charge on any atom is 0.251 e. The molecular formula is C20H23NO. The molecule has 0 fully saturated rings. The van der Waals surface area contributed by atoms with E-state index in [2.05, 4.69) is 50.4 Å². The van der Waals surface area contributed by atoms with Gasteiger partial charge in [0.05, 0.1) is 0 Å². The van der Waals surface area contributed by atoms with Gasteiger partial charge in [-0.25, -0.2) is 0 Å². The molecule has 2 heteroatoms. The predicted molar refractivity (Wildman–Crippen MR) is 90.2 cm³/mol. The van der Waals surface area contributed by atoms with Gasteiger partial charge in [0, 0.05) is 17.0 Å². The maximum absolute atomic E-state index is 12.7. The van der Waals surface area contributed by atoms with Crippen LogP contribution in [0.1, 0.15) is 47.8 Å². The van der Waals surface area contributed by atoms with Crippen LogP contribution < -0.4 is 5.32 Å². The van der Waals surface area contributed by atoms with E-state index in [1.165, 1.54) is 11.1 Å². The van der Waals surface area contributed by atoms with Crippen LogP contribution in [0.25, 0.3) is 0 Å². The average Bonchev–Trinajstić information content (AvgIpc) is 2.78. The van der Waals surface area contributed by atoms with Gasteiger partial charge in [-0.2, -0.15) is 0 Å². The fourth-order valence-electron chi connectivity index (χ4n) is 3.51. The van der Waals surface area contributed by atoms with Crippen molar-refractivity contribution in [3.63, 3.8) is 0 Å². The van der Waals surface area contributed by atoms with E-state index < -0.39 is 0 Å². The number of carbonyl (C=O) groups is 1. The minimum Gasteiger partial charge on any atom is -0.348 e. The van der Waals surface area contributed by atoms with Crippen molar-refractivity contribution >= 4 is 5.91 Å². The van der Waals surface area contributed by atoms with E-state index in [0.717, 1.165) is 24.0 Å². The molecular weight excluding hydrogens is 270 g/mol. The third-order valence-corrected chi connectivity index (χ3v) is 4.95. The lowest BCUT2D eigenvalue weighted by molar-refractivity contribution is 0.0922. The zero-order chi connectivity index (χ0) is 15.7. The molecule has 22 heavy (non-hydrogen) atoms. The van der Waals surface area contributed by atoms with E-state index in [4.69, 9.17) is 0 Å². The lowest BCUT2D eigenvalue weighted by atomic mass is 9.83. The highest BCUT2D eigenvalue weighted by atomic mass is 16.1. The molecule has 0 radical (unpaired) electrons. The Balaban J connectivity index is 1.84. The lowest BCUT2D eigenvalue weighted by Gasteiger charge is -2.29. The molecule has 0 aromatic heterocycles.